The van der Waals surface area contributed by atoms with Gasteiger partial charge in [0.2, 0.25) is 0 Å². The van der Waals surface area contributed by atoms with Gasteiger partial charge in [-0.05, 0) is 25.7 Å². The molecule has 0 aliphatic carbocycles. The van der Waals surface area contributed by atoms with E-state index in [0.29, 0.717) is 13.0 Å². The van der Waals surface area contributed by atoms with Crippen molar-refractivity contribution in [2.45, 2.75) is 180 Å². The standard InChI is InChI=1S/C32H64O5/c33-29-25-21-17-13-9-5-1-2-6-10-14-18-22-26-30-36-37-31-27-23-19-15-11-7-3-4-8-12-16-20-24-28-32(34)35/h33H,1-31H2,(H,34,35). The summed E-state index contributed by atoms with van der Waals surface area (Å²) in [5.41, 5.74) is 0. The van der Waals surface area contributed by atoms with Crippen molar-refractivity contribution in [2.75, 3.05) is 19.8 Å². The summed E-state index contributed by atoms with van der Waals surface area (Å²) >= 11 is 0. The van der Waals surface area contributed by atoms with E-state index in [9.17, 15) is 4.79 Å². The third-order valence-corrected chi connectivity index (χ3v) is 7.34. The second kappa shape index (κ2) is 33.4. The summed E-state index contributed by atoms with van der Waals surface area (Å²) in [4.78, 5) is 21.1. The lowest BCUT2D eigenvalue weighted by Crippen LogP contribution is -1.99. The molecule has 0 amide bonds. The van der Waals surface area contributed by atoms with Crippen LogP contribution >= 0.6 is 0 Å². The van der Waals surface area contributed by atoms with Gasteiger partial charge in [-0.2, -0.15) is 0 Å². The second-order valence-electron chi connectivity index (χ2n) is 11.1. The first-order valence-corrected chi connectivity index (χ1v) is 16.3. The smallest absolute Gasteiger partial charge is 0.303 e. The zero-order chi connectivity index (χ0) is 26.9. The number of hydrogen-bond acceptors (Lipinski definition) is 4. The third-order valence-electron chi connectivity index (χ3n) is 7.34. The predicted octanol–water partition coefficient (Wildman–Crippen LogP) is 9.93. The summed E-state index contributed by atoms with van der Waals surface area (Å²) in [7, 11) is 0. The first-order chi connectivity index (χ1) is 18.3. The van der Waals surface area contributed by atoms with Gasteiger partial charge in [0.15, 0.2) is 0 Å². The Morgan fingerprint density at radius 1 is 0.378 bits per heavy atom. The molecule has 37 heavy (non-hydrogen) atoms. The van der Waals surface area contributed by atoms with E-state index in [4.69, 9.17) is 20.0 Å². The Balaban J connectivity index is 3.02. The maximum atomic E-state index is 10.5. The number of hydrogen-bond donors (Lipinski definition) is 2. The van der Waals surface area contributed by atoms with Crippen molar-refractivity contribution in [1.29, 1.82) is 0 Å². The minimum absolute atomic E-state index is 0.329. The van der Waals surface area contributed by atoms with Gasteiger partial charge in [-0.25, -0.2) is 9.78 Å². The number of rotatable bonds is 33. The van der Waals surface area contributed by atoms with Crippen LogP contribution in [0.1, 0.15) is 180 Å². The lowest BCUT2D eigenvalue weighted by molar-refractivity contribution is -0.295. The molecule has 0 heterocycles. The average molecular weight is 529 g/mol. The maximum Gasteiger partial charge on any atom is 0.303 e. The molecule has 0 aromatic rings. The van der Waals surface area contributed by atoms with Crippen LogP contribution in [0, 0.1) is 0 Å². The Labute approximate surface area is 230 Å². The van der Waals surface area contributed by atoms with Crippen LogP contribution in [0.4, 0.5) is 0 Å². The van der Waals surface area contributed by atoms with E-state index in [-0.39, 0.29) is 0 Å². The van der Waals surface area contributed by atoms with Crippen LogP contribution in [0.5, 0.6) is 0 Å². The van der Waals surface area contributed by atoms with Gasteiger partial charge in [-0.15, -0.1) is 0 Å². The van der Waals surface area contributed by atoms with Gasteiger partial charge >= 0.3 is 5.97 Å². The SMILES string of the molecule is O=C(O)CCCCCCCCCCCCCCCOOCCCCCCCCCCCCCCCCO. The Morgan fingerprint density at radius 3 is 0.892 bits per heavy atom. The number of unbranched alkanes of at least 4 members (excludes halogenated alkanes) is 25. The maximum absolute atomic E-state index is 10.5. The first-order valence-electron chi connectivity index (χ1n) is 16.3. The van der Waals surface area contributed by atoms with E-state index in [1.165, 1.54) is 141 Å². The summed E-state index contributed by atoms with van der Waals surface area (Å²) in [5, 5.41) is 17.4. The van der Waals surface area contributed by atoms with Crippen molar-refractivity contribution in [3.8, 4) is 0 Å². The van der Waals surface area contributed by atoms with Crippen LogP contribution in [0.25, 0.3) is 0 Å². The number of aliphatic hydroxyl groups excluding tert-OH is 1. The minimum Gasteiger partial charge on any atom is -0.481 e. The Bertz CT molecular complexity index is 429. The molecule has 0 rings (SSSR count). The van der Waals surface area contributed by atoms with Gasteiger partial charge in [-0.3, -0.25) is 4.79 Å². The monoisotopic (exact) mass is 528 g/mol. The van der Waals surface area contributed by atoms with Gasteiger partial charge in [0.05, 0.1) is 13.2 Å². The van der Waals surface area contributed by atoms with Crippen molar-refractivity contribution in [3.63, 3.8) is 0 Å². The predicted molar refractivity (Wildman–Crippen MR) is 156 cm³/mol. The van der Waals surface area contributed by atoms with Crippen LogP contribution in [0.2, 0.25) is 0 Å². The molecule has 0 aliphatic rings. The molecule has 2 N–H and O–H groups in total. The largest absolute Gasteiger partial charge is 0.481 e. The quantitative estimate of drug-likeness (QED) is 0.0503. The molecular formula is C32H64O5. The molecule has 0 bridgehead atoms. The molecule has 222 valence electrons. The van der Waals surface area contributed by atoms with Gasteiger partial charge < -0.3 is 10.2 Å². The third kappa shape index (κ3) is 35.4. The normalized spacial score (nSPS) is 11.4. The minimum atomic E-state index is -0.664. The van der Waals surface area contributed by atoms with E-state index in [2.05, 4.69) is 0 Å². The van der Waals surface area contributed by atoms with Crippen molar-refractivity contribution < 1.29 is 24.8 Å². The first kappa shape index (κ1) is 36.4. The summed E-state index contributed by atoms with van der Waals surface area (Å²) in [6.45, 7) is 1.82. The van der Waals surface area contributed by atoms with E-state index in [1.54, 1.807) is 0 Å². The number of aliphatic carboxylic acids is 1. The molecule has 0 unspecified atom stereocenters. The molecule has 5 nitrogen and oxygen atoms in total. The van der Waals surface area contributed by atoms with Gasteiger partial charge in [-0.1, -0.05) is 148 Å². The fourth-order valence-corrected chi connectivity index (χ4v) is 4.89. The summed E-state index contributed by atoms with van der Waals surface area (Å²) in [6, 6.07) is 0. The highest BCUT2D eigenvalue weighted by atomic mass is 17.2. The van der Waals surface area contributed by atoms with E-state index >= 15 is 0 Å². The molecule has 0 saturated carbocycles. The number of aliphatic hydroxyl groups is 1. The fourth-order valence-electron chi connectivity index (χ4n) is 4.89. The summed E-state index contributed by atoms with van der Waals surface area (Å²) < 4.78 is 0. The molecule has 0 radical (unpaired) electrons. The van der Waals surface area contributed by atoms with Gasteiger partial charge in [0, 0.05) is 13.0 Å². The van der Waals surface area contributed by atoms with Crippen LogP contribution in [-0.4, -0.2) is 36.0 Å². The average Bonchev–Trinajstić information content (AvgIpc) is 2.89. The Kier molecular flexibility index (Phi) is 32.8. The van der Waals surface area contributed by atoms with E-state index in [1.807, 2.05) is 0 Å². The van der Waals surface area contributed by atoms with Crippen molar-refractivity contribution in [3.05, 3.63) is 0 Å². The molecule has 0 atom stereocenters. The van der Waals surface area contributed by atoms with Crippen molar-refractivity contribution in [2.24, 2.45) is 0 Å². The molecular weight excluding hydrogens is 464 g/mol. The number of carbonyl (C=O) groups is 1. The lowest BCUT2D eigenvalue weighted by atomic mass is 10.0. The lowest BCUT2D eigenvalue weighted by Gasteiger charge is -2.05. The molecule has 0 aliphatic heterocycles. The van der Waals surface area contributed by atoms with Crippen molar-refractivity contribution >= 4 is 5.97 Å². The van der Waals surface area contributed by atoms with E-state index < -0.39 is 5.97 Å². The molecule has 0 aromatic heterocycles. The van der Waals surface area contributed by atoms with Crippen LogP contribution in [0.3, 0.4) is 0 Å². The fraction of sp³-hybridized carbons (Fsp3) is 0.969. The highest BCUT2D eigenvalue weighted by Crippen LogP contribution is 2.14. The summed E-state index contributed by atoms with van der Waals surface area (Å²) in [6.07, 6.45) is 34.5. The van der Waals surface area contributed by atoms with Gasteiger partial charge in [0.25, 0.3) is 0 Å². The van der Waals surface area contributed by atoms with Gasteiger partial charge in [0.1, 0.15) is 0 Å². The number of carboxylic acids is 1. The zero-order valence-corrected chi connectivity index (χ0v) is 24.5. The highest BCUT2D eigenvalue weighted by Gasteiger charge is 1.98. The topological polar surface area (TPSA) is 76.0 Å². The molecule has 0 spiro atoms. The summed E-state index contributed by atoms with van der Waals surface area (Å²) in [5.74, 6) is -0.664. The van der Waals surface area contributed by atoms with Crippen LogP contribution < -0.4 is 0 Å². The Morgan fingerprint density at radius 2 is 0.622 bits per heavy atom. The molecule has 0 aromatic carbocycles. The molecule has 0 saturated heterocycles. The second-order valence-corrected chi connectivity index (χ2v) is 11.1. The molecule has 0 fully saturated rings. The zero-order valence-electron chi connectivity index (χ0n) is 24.5. The number of carboxylic acid groups (broad SMARTS) is 1. The molecule has 5 heteroatoms. The van der Waals surface area contributed by atoms with Crippen LogP contribution in [0.15, 0.2) is 0 Å². The highest BCUT2D eigenvalue weighted by molar-refractivity contribution is 5.66. The van der Waals surface area contributed by atoms with E-state index in [0.717, 1.165) is 45.3 Å². The van der Waals surface area contributed by atoms with Crippen molar-refractivity contribution in [1.82, 2.24) is 0 Å². The van der Waals surface area contributed by atoms with Crippen LogP contribution in [-0.2, 0) is 14.6 Å². The Hall–Kier alpha value is -0.650.